The number of benzene rings is 2. The van der Waals surface area contributed by atoms with Crippen molar-refractivity contribution in [3.05, 3.63) is 62.7 Å². The van der Waals surface area contributed by atoms with Crippen molar-refractivity contribution in [2.45, 2.75) is 31.9 Å². The molecule has 0 fully saturated rings. The van der Waals surface area contributed by atoms with Crippen LogP contribution in [0.2, 0.25) is 5.02 Å². The van der Waals surface area contributed by atoms with Gasteiger partial charge in [0.15, 0.2) is 0 Å². The van der Waals surface area contributed by atoms with Gasteiger partial charge in [-0.25, -0.2) is 0 Å². The van der Waals surface area contributed by atoms with Crippen LogP contribution < -0.4 is 14.8 Å². The van der Waals surface area contributed by atoms with E-state index in [1.165, 1.54) is 18.2 Å². The van der Waals surface area contributed by atoms with E-state index in [0.717, 1.165) is 5.56 Å². The fourth-order valence-corrected chi connectivity index (χ4v) is 3.33. The molecule has 0 aromatic heterocycles. The van der Waals surface area contributed by atoms with Crippen molar-refractivity contribution in [3.63, 3.8) is 0 Å². The summed E-state index contributed by atoms with van der Waals surface area (Å²) in [7, 11) is 1.57. The minimum atomic E-state index is -0.563. The number of hydrogen-bond acceptors (Lipinski definition) is 5. The van der Waals surface area contributed by atoms with Gasteiger partial charge in [0.25, 0.3) is 11.6 Å². The number of carbonyl (C=O) groups excluding carboxylic acids is 1. The monoisotopic (exact) mass is 390 g/mol. The lowest BCUT2D eigenvalue weighted by atomic mass is 9.89. The largest absolute Gasteiger partial charge is 0.497 e. The van der Waals surface area contributed by atoms with Gasteiger partial charge in [0.1, 0.15) is 17.1 Å². The number of nitro groups is 1. The van der Waals surface area contributed by atoms with Gasteiger partial charge in [0, 0.05) is 30.2 Å². The molecule has 1 atom stereocenters. The number of carbonyl (C=O) groups is 1. The van der Waals surface area contributed by atoms with Gasteiger partial charge in [-0.05, 0) is 32.0 Å². The molecule has 2 aromatic rings. The molecule has 0 bridgehead atoms. The highest BCUT2D eigenvalue weighted by molar-refractivity contribution is 6.34. The summed E-state index contributed by atoms with van der Waals surface area (Å²) in [4.78, 5) is 23.2. The molecule has 2 aromatic carbocycles. The minimum absolute atomic E-state index is 0.0604. The summed E-state index contributed by atoms with van der Waals surface area (Å²) in [6.07, 6.45) is 0.532. The normalized spacial score (nSPS) is 17.4. The Bertz CT molecular complexity index is 913. The van der Waals surface area contributed by atoms with E-state index in [-0.39, 0.29) is 22.3 Å². The van der Waals surface area contributed by atoms with Gasteiger partial charge in [0.2, 0.25) is 0 Å². The topological polar surface area (TPSA) is 90.7 Å². The molecule has 0 aliphatic carbocycles. The molecule has 7 nitrogen and oxygen atoms in total. The average Bonchev–Trinajstić information content (AvgIpc) is 2.60. The molecule has 0 spiro atoms. The van der Waals surface area contributed by atoms with Crippen LogP contribution in [0.25, 0.3) is 0 Å². The Hall–Kier alpha value is -2.80. The van der Waals surface area contributed by atoms with Gasteiger partial charge in [-0.15, -0.1) is 0 Å². The summed E-state index contributed by atoms with van der Waals surface area (Å²) < 4.78 is 11.2. The fraction of sp³-hybridized carbons (Fsp3) is 0.316. The molecule has 8 heteroatoms. The number of non-ortho nitro benzene ring substituents is 1. The number of rotatable bonds is 4. The second kappa shape index (κ2) is 7.08. The van der Waals surface area contributed by atoms with Crippen molar-refractivity contribution in [3.8, 4) is 11.5 Å². The Balaban J connectivity index is 1.93. The molecule has 1 aliphatic rings. The third-order valence-corrected chi connectivity index (χ3v) is 4.72. The van der Waals surface area contributed by atoms with Crippen molar-refractivity contribution in [2.75, 3.05) is 7.11 Å². The first-order valence-corrected chi connectivity index (χ1v) is 8.70. The number of ether oxygens (including phenoxy) is 2. The van der Waals surface area contributed by atoms with Crippen LogP contribution in [-0.4, -0.2) is 23.5 Å². The van der Waals surface area contributed by atoms with E-state index in [2.05, 4.69) is 5.32 Å². The van der Waals surface area contributed by atoms with E-state index in [9.17, 15) is 14.9 Å². The van der Waals surface area contributed by atoms with E-state index >= 15 is 0 Å². The van der Waals surface area contributed by atoms with E-state index < -0.39 is 16.4 Å². The van der Waals surface area contributed by atoms with Crippen LogP contribution in [0.5, 0.6) is 11.5 Å². The predicted molar refractivity (Wildman–Crippen MR) is 101 cm³/mol. The number of nitro benzene ring substituents is 1. The predicted octanol–water partition coefficient (Wildman–Crippen LogP) is 4.29. The molecule has 27 heavy (non-hydrogen) atoms. The van der Waals surface area contributed by atoms with Gasteiger partial charge in [-0.3, -0.25) is 14.9 Å². The van der Waals surface area contributed by atoms with Crippen LogP contribution in [-0.2, 0) is 0 Å². The Labute approximate surface area is 161 Å². The van der Waals surface area contributed by atoms with Crippen LogP contribution >= 0.6 is 11.6 Å². The molecule has 1 N–H and O–H groups in total. The zero-order valence-corrected chi connectivity index (χ0v) is 15.9. The van der Waals surface area contributed by atoms with Crippen molar-refractivity contribution in [2.24, 2.45) is 0 Å². The molecule has 1 unspecified atom stereocenters. The van der Waals surface area contributed by atoms with Gasteiger partial charge < -0.3 is 14.8 Å². The lowest BCUT2D eigenvalue weighted by Crippen LogP contribution is -2.41. The Kier molecular flexibility index (Phi) is 4.97. The first-order chi connectivity index (χ1) is 12.7. The first kappa shape index (κ1) is 19.0. The lowest BCUT2D eigenvalue weighted by Gasteiger charge is -2.38. The molecular formula is C19H19ClN2O5. The number of amides is 1. The lowest BCUT2D eigenvalue weighted by molar-refractivity contribution is -0.384. The van der Waals surface area contributed by atoms with E-state index in [1.54, 1.807) is 19.2 Å². The number of fused-ring (bicyclic) bond motifs is 1. The standard InChI is InChI=1S/C19H19ClN2O5/c1-19(2)10-16(13-6-5-12(26-3)9-17(13)27-19)21-18(23)14-8-11(22(24)25)4-7-15(14)20/h4-9,16H,10H2,1-3H3,(H,21,23). The van der Waals surface area contributed by atoms with Crippen molar-refractivity contribution < 1.29 is 19.2 Å². The van der Waals surface area contributed by atoms with E-state index in [1.807, 2.05) is 19.9 Å². The summed E-state index contributed by atoms with van der Waals surface area (Å²) in [5.74, 6) is 0.799. The number of nitrogens with zero attached hydrogens (tertiary/aromatic N) is 1. The molecule has 0 radical (unpaired) electrons. The summed E-state index contributed by atoms with van der Waals surface area (Å²) in [6, 6.07) is 8.85. The van der Waals surface area contributed by atoms with Crippen LogP contribution in [0, 0.1) is 10.1 Å². The van der Waals surface area contributed by atoms with Gasteiger partial charge >= 0.3 is 0 Å². The van der Waals surface area contributed by atoms with Crippen molar-refractivity contribution in [1.82, 2.24) is 5.32 Å². The maximum absolute atomic E-state index is 12.8. The highest BCUT2D eigenvalue weighted by atomic mass is 35.5. The highest BCUT2D eigenvalue weighted by Gasteiger charge is 2.35. The second-order valence-electron chi connectivity index (χ2n) is 6.92. The third kappa shape index (κ3) is 3.98. The zero-order valence-electron chi connectivity index (χ0n) is 15.1. The quantitative estimate of drug-likeness (QED) is 0.621. The SMILES string of the molecule is COc1ccc2c(c1)OC(C)(C)CC2NC(=O)c1cc([N+](=O)[O-])ccc1Cl. The maximum atomic E-state index is 12.8. The molecule has 1 aliphatic heterocycles. The third-order valence-electron chi connectivity index (χ3n) is 4.39. The minimum Gasteiger partial charge on any atom is -0.497 e. The fourth-order valence-electron chi connectivity index (χ4n) is 3.12. The Morgan fingerprint density at radius 1 is 1.33 bits per heavy atom. The van der Waals surface area contributed by atoms with Crippen LogP contribution in [0.4, 0.5) is 5.69 Å². The number of methoxy groups -OCH3 is 1. The smallest absolute Gasteiger partial charge is 0.270 e. The van der Waals surface area contributed by atoms with Gasteiger partial charge in [-0.2, -0.15) is 0 Å². The Morgan fingerprint density at radius 3 is 2.74 bits per heavy atom. The number of hydrogen-bond donors (Lipinski definition) is 1. The average molecular weight is 391 g/mol. The second-order valence-corrected chi connectivity index (χ2v) is 7.32. The molecular weight excluding hydrogens is 372 g/mol. The van der Waals surface area contributed by atoms with Crippen LogP contribution in [0.3, 0.4) is 0 Å². The summed E-state index contributed by atoms with van der Waals surface area (Å²) in [6.45, 7) is 3.85. The molecule has 3 rings (SSSR count). The van der Waals surface area contributed by atoms with E-state index in [4.69, 9.17) is 21.1 Å². The van der Waals surface area contributed by atoms with Crippen molar-refractivity contribution in [1.29, 1.82) is 0 Å². The van der Waals surface area contributed by atoms with Crippen molar-refractivity contribution >= 4 is 23.2 Å². The van der Waals surface area contributed by atoms with Gasteiger partial charge in [-0.1, -0.05) is 11.6 Å². The maximum Gasteiger partial charge on any atom is 0.270 e. The number of halogens is 1. The summed E-state index contributed by atoms with van der Waals surface area (Å²) in [5, 5.41) is 14.1. The van der Waals surface area contributed by atoms with E-state index in [0.29, 0.717) is 17.9 Å². The van der Waals surface area contributed by atoms with Gasteiger partial charge in [0.05, 0.1) is 28.7 Å². The number of nitrogens with one attached hydrogen (secondary N) is 1. The first-order valence-electron chi connectivity index (χ1n) is 8.32. The highest BCUT2D eigenvalue weighted by Crippen LogP contribution is 2.41. The Morgan fingerprint density at radius 2 is 2.07 bits per heavy atom. The molecule has 0 saturated heterocycles. The molecule has 1 heterocycles. The van der Waals surface area contributed by atoms with Crippen LogP contribution in [0.15, 0.2) is 36.4 Å². The molecule has 142 valence electrons. The molecule has 1 amide bonds. The summed E-state index contributed by atoms with van der Waals surface area (Å²) in [5.41, 5.74) is 0.168. The summed E-state index contributed by atoms with van der Waals surface area (Å²) >= 11 is 6.08. The van der Waals surface area contributed by atoms with Crippen LogP contribution in [0.1, 0.15) is 42.2 Å². The molecule has 0 saturated carbocycles. The zero-order chi connectivity index (χ0) is 19.8.